The second-order valence-corrected chi connectivity index (χ2v) is 4.26. The molecule has 2 nitrogen and oxygen atoms in total. The molecule has 1 aromatic rings. The van der Waals surface area contributed by atoms with E-state index in [9.17, 15) is 13.6 Å². The minimum absolute atomic E-state index is 0.0418. The minimum Gasteiger partial charge on any atom is -0.296 e. The van der Waals surface area contributed by atoms with Crippen LogP contribution >= 0.6 is 45.2 Å². The van der Waals surface area contributed by atoms with Crippen molar-refractivity contribution in [1.82, 2.24) is 4.98 Å². The Morgan fingerprint density at radius 2 is 2.08 bits per heavy atom. The molecule has 0 atom stereocenters. The van der Waals surface area contributed by atoms with Crippen molar-refractivity contribution in [1.29, 1.82) is 0 Å². The van der Waals surface area contributed by atoms with Crippen LogP contribution in [0.4, 0.5) is 8.78 Å². The maximum Gasteiger partial charge on any atom is 0.265 e. The molecule has 70 valence electrons. The summed E-state index contributed by atoms with van der Waals surface area (Å²) in [7, 11) is 0. The Kier molecular flexibility index (Phi) is 3.95. The lowest BCUT2D eigenvalue weighted by Crippen LogP contribution is -1.99. The van der Waals surface area contributed by atoms with Gasteiger partial charge in [-0.05, 0) is 51.2 Å². The molecule has 0 saturated heterocycles. The summed E-state index contributed by atoms with van der Waals surface area (Å²) in [5, 5.41) is 0. The van der Waals surface area contributed by atoms with Crippen LogP contribution in [-0.4, -0.2) is 11.3 Å². The SMILES string of the molecule is O=Cc1cc(C(F)F)c(I)c(I)n1. The van der Waals surface area contributed by atoms with Gasteiger partial charge in [0, 0.05) is 5.56 Å². The molecule has 0 unspecified atom stereocenters. The van der Waals surface area contributed by atoms with Gasteiger partial charge in [0.15, 0.2) is 6.29 Å². The van der Waals surface area contributed by atoms with Crippen molar-refractivity contribution in [3.63, 3.8) is 0 Å². The predicted octanol–water partition coefficient (Wildman–Crippen LogP) is 3.04. The molecular formula is C7H3F2I2NO. The van der Waals surface area contributed by atoms with E-state index in [0.717, 1.165) is 6.07 Å². The third-order valence-corrected chi connectivity index (χ3v) is 4.27. The van der Waals surface area contributed by atoms with Gasteiger partial charge in [0.1, 0.15) is 9.39 Å². The van der Waals surface area contributed by atoms with E-state index in [4.69, 9.17) is 0 Å². The zero-order chi connectivity index (χ0) is 10.0. The molecule has 0 amide bonds. The van der Waals surface area contributed by atoms with E-state index in [-0.39, 0.29) is 11.3 Å². The second kappa shape index (κ2) is 4.58. The first-order valence-electron chi connectivity index (χ1n) is 3.15. The fraction of sp³-hybridized carbons (Fsp3) is 0.143. The molecule has 1 rings (SSSR count). The molecule has 1 heterocycles. The van der Waals surface area contributed by atoms with Crippen LogP contribution in [0, 0.1) is 7.27 Å². The van der Waals surface area contributed by atoms with Gasteiger partial charge >= 0.3 is 0 Å². The normalized spacial score (nSPS) is 10.5. The number of rotatable bonds is 2. The Morgan fingerprint density at radius 3 is 2.54 bits per heavy atom. The molecule has 0 N–H and O–H groups in total. The van der Waals surface area contributed by atoms with Crippen molar-refractivity contribution in [3.05, 3.63) is 24.6 Å². The average molecular weight is 409 g/mol. The van der Waals surface area contributed by atoms with Crippen LogP contribution in [0.15, 0.2) is 6.07 Å². The Morgan fingerprint density at radius 1 is 1.46 bits per heavy atom. The van der Waals surface area contributed by atoms with Gasteiger partial charge in [-0.15, -0.1) is 0 Å². The number of pyridine rings is 1. The van der Waals surface area contributed by atoms with Gasteiger partial charge in [-0.2, -0.15) is 0 Å². The van der Waals surface area contributed by atoms with Crippen LogP contribution in [0.25, 0.3) is 0 Å². The number of hydrogen-bond donors (Lipinski definition) is 0. The van der Waals surface area contributed by atoms with Crippen molar-refractivity contribution >= 4 is 51.5 Å². The number of carbonyl (C=O) groups is 1. The molecule has 1 aromatic heterocycles. The van der Waals surface area contributed by atoms with Crippen molar-refractivity contribution in [2.45, 2.75) is 6.43 Å². The number of nitrogens with zero attached hydrogens (tertiary/aromatic N) is 1. The van der Waals surface area contributed by atoms with E-state index < -0.39 is 6.43 Å². The lowest BCUT2D eigenvalue weighted by atomic mass is 10.2. The van der Waals surface area contributed by atoms with Crippen molar-refractivity contribution in [2.24, 2.45) is 0 Å². The molecule has 0 aliphatic rings. The van der Waals surface area contributed by atoms with Gasteiger partial charge in [0.05, 0.1) is 3.57 Å². The van der Waals surface area contributed by atoms with Crippen molar-refractivity contribution in [3.8, 4) is 0 Å². The van der Waals surface area contributed by atoms with Crippen LogP contribution < -0.4 is 0 Å². The lowest BCUT2D eigenvalue weighted by molar-refractivity contribution is 0.111. The molecule has 6 heteroatoms. The molecule has 0 saturated carbocycles. The van der Waals surface area contributed by atoms with Crippen LogP contribution in [0.2, 0.25) is 0 Å². The smallest absolute Gasteiger partial charge is 0.265 e. The fourth-order valence-electron chi connectivity index (χ4n) is 0.756. The molecule has 13 heavy (non-hydrogen) atoms. The summed E-state index contributed by atoms with van der Waals surface area (Å²) >= 11 is 3.61. The highest BCUT2D eigenvalue weighted by atomic mass is 127. The summed E-state index contributed by atoms with van der Waals surface area (Å²) in [4.78, 5) is 14.1. The maximum atomic E-state index is 12.4. The van der Waals surface area contributed by atoms with Gasteiger partial charge in [-0.1, -0.05) is 0 Å². The number of halogens is 4. The van der Waals surface area contributed by atoms with E-state index in [1.165, 1.54) is 0 Å². The predicted molar refractivity (Wildman–Crippen MR) is 60.0 cm³/mol. The maximum absolute atomic E-state index is 12.4. The Hall–Kier alpha value is 0.140. The summed E-state index contributed by atoms with van der Waals surface area (Å²) in [5.41, 5.74) is -0.0952. The highest BCUT2D eigenvalue weighted by molar-refractivity contribution is 14.1. The first kappa shape index (κ1) is 11.2. The first-order chi connectivity index (χ1) is 6.06. The van der Waals surface area contributed by atoms with Crippen molar-refractivity contribution in [2.75, 3.05) is 0 Å². The zero-order valence-electron chi connectivity index (χ0n) is 6.10. The Balaban J connectivity index is 3.32. The Labute approximate surface area is 100 Å². The van der Waals surface area contributed by atoms with Crippen LogP contribution in [0.1, 0.15) is 22.5 Å². The summed E-state index contributed by atoms with van der Waals surface area (Å²) in [5.74, 6) is 0. The van der Waals surface area contributed by atoms with Gasteiger partial charge in [-0.3, -0.25) is 4.79 Å². The first-order valence-corrected chi connectivity index (χ1v) is 5.31. The molecule has 0 spiro atoms. The quantitative estimate of drug-likeness (QED) is 0.427. The number of alkyl halides is 2. The van der Waals surface area contributed by atoms with Crippen LogP contribution in [0.5, 0.6) is 0 Å². The summed E-state index contributed by atoms with van der Waals surface area (Å²) in [6.45, 7) is 0. The number of hydrogen-bond acceptors (Lipinski definition) is 2. The second-order valence-electron chi connectivity index (χ2n) is 2.16. The highest BCUT2D eigenvalue weighted by Gasteiger charge is 2.15. The largest absolute Gasteiger partial charge is 0.296 e. The number of aldehydes is 1. The topological polar surface area (TPSA) is 30.0 Å². The standard InChI is InChI=1S/C7H3F2I2NO/c8-6(9)4-1-3(2-13)12-7(11)5(4)10/h1-2,6H. The summed E-state index contributed by atoms with van der Waals surface area (Å²) in [6, 6.07) is 1.11. The monoisotopic (exact) mass is 409 g/mol. The molecule has 0 bridgehead atoms. The molecule has 0 fully saturated rings. The molecule has 0 radical (unpaired) electrons. The van der Waals surface area contributed by atoms with E-state index in [1.54, 1.807) is 22.6 Å². The number of carbonyl (C=O) groups excluding carboxylic acids is 1. The van der Waals surface area contributed by atoms with Crippen LogP contribution in [0.3, 0.4) is 0 Å². The lowest BCUT2D eigenvalue weighted by Gasteiger charge is -2.05. The van der Waals surface area contributed by atoms with E-state index in [0.29, 0.717) is 13.6 Å². The molecule has 0 aliphatic carbocycles. The zero-order valence-corrected chi connectivity index (χ0v) is 10.4. The molecule has 0 aliphatic heterocycles. The van der Waals surface area contributed by atoms with Gasteiger partial charge < -0.3 is 0 Å². The summed E-state index contributed by atoms with van der Waals surface area (Å²) < 4.78 is 25.6. The van der Waals surface area contributed by atoms with Gasteiger partial charge in [-0.25, -0.2) is 13.8 Å². The molecule has 0 aromatic carbocycles. The number of aromatic nitrogens is 1. The van der Waals surface area contributed by atoms with E-state index >= 15 is 0 Å². The molecular weight excluding hydrogens is 406 g/mol. The highest BCUT2D eigenvalue weighted by Crippen LogP contribution is 2.27. The van der Waals surface area contributed by atoms with Gasteiger partial charge in [0.25, 0.3) is 6.43 Å². The Bertz CT molecular complexity index is 344. The van der Waals surface area contributed by atoms with E-state index in [2.05, 4.69) is 4.98 Å². The average Bonchev–Trinajstić information content (AvgIpc) is 2.09. The summed E-state index contributed by atoms with van der Waals surface area (Å²) in [6.07, 6.45) is -2.11. The van der Waals surface area contributed by atoms with E-state index in [1.807, 2.05) is 22.6 Å². The fourth-order valence-corrected chi connectivity index (χ4v) is 1.86. The third-order valence-electron chi connectivity index (χ3n) is 1.32. The van der Waals surface area contributed by atoms with Gasteiger partial charge in [0.2, 0.25) is 0 Å². The van der Waals surface area contributed by atoms with Crippen molar-refractivity contribution < 1.29 is 13.6 Å². The van der Waals surface area contributed by atoms with Crippen LogP contribution in [-0.2, 0) is 0 Å². The third kappa shape index (κ3) is 2.55. The minimum atomic E-state index is -2.57.